The molecular weight excluding hydrogens is 270 g/mol. The number of hydrogen-bond acceptors (Lipinski definition) is 4. The fourth-order valence-corrected chi connectivity index (χ4v) is 2.53. The van der Waals surface area contributed by atoms with Gasteiger partial charge in [0, 0.05) is 22.7 Å². The Morgan fingerprint density at radius 2 is 2.10 bits per heavy atom. The maximum atomic E-state index is 12.4. The first-order valence-corrected chi connectivity index (χ1v) is 5.86. The third-order valence-corrected chi connectivity index (χ3v) is 3.37. The summed E-state index contributed by atoms with van der Waals surface area (Å²) in [5.74, 6) is 0. The van der Waals surface area contributed by atoms with E-state index in [1.54, 1.807) is 24.3 Å². The summed E-state index contributed by atoms with van der Waals surface area (Å²) in [6, 6.07) is 9.18. The van der Waals surface area contributed by atoms with Crippen LogP contribution in [-0.4, -0.2) is 4.92 Å². The average molecular weight is 275 g/mol. The van der Waals surface area contributed by atoms with Crippen molar-refractivity contribution in [2.24, 2.45) is 0 Å². The molecule has 0 bridgehead atoms. The first kappa shape index (κ1) is 12.5. The van der Waals surface area contributed by atoms with E-state index in [0.717, 1.165) is 0 Å². The predicted octanol–water partition coefficient (Wildman–Crippen LogP) is 1.97. The van der Waals surface area contributed by atoms with Crippen molar-refractivity contribution in [2.45, 2.75) is 0 Å². The molecule has 0 saturated carbocycles. The largest absolute Gasteiger partial charge is 0.290 e. The van der Waals surface area contributed by atoms with Crippen LogP contribution in [0.3, 0.4) is 0 Å². The lowest BCUT2D eigenvalue weighted by Crippen LogP contribution is -2.21. The number of nitro benzene ring substituents is 1. The van der Waals surface area contributed by atoms with Gasteiger partial charge in [0.05, 0.1) is 17.6 Å². The van der Waals surface area contributed by atoms with E-state index in [1.165, 1.54) is 12.1 Å². The molecule has 0 radical (unpaired) electrons. The molecule has 0 saturated heterocycles. The fourth-order valence-electron chi connectivity index (χ4n) is 2.53. The highest BCUT2D eigenvalue weighted by atomic mass is 16.6. The fraction of sp³-hybridized carbons (Fsp3) is 0. The summed E-state index contributed by atoms with van der Waals surface area (Å²) in [6.45, 7) is 7.01. The van der Waals surface area contributed by atoms with E-state index >= 15 is 0 Å². The molecule has 0 N–H and O–H groups in total. The van der Waals surface area contributed by atoms with Crippen LogP contribution >= 0.6 is 0 Å². The monoisotopic (exact) mass is 275 g/mol. The summed E-state index contributed by atoms with van der Waals surface area (Å²) < 4.78 is 0. The molecule has 3 rings (SSSR count). The van der Waals surface area contributed by atoms with Gasteiger partial charge in [-0.1, -0.05) is 18.2 Å². The van der Waals surface area contributed by atoms with Gasteiger partial charge in [-0.15, -0.1) is 0 Å². The van der Waals surface area contributed by atoms with E-state index in [9.17, 15) is 14.9 Å². The van der Waals surface area contributed by atoms with Gasteiger partial charge in [0.25, 0.3) is 11.4 Å². The summed E-state index contributed by atoms with van der Waals surface area (Å²) in [5.41, 5.74) is -0.967. The number of non-ortho nitro benzene ring substituents is 1. The van der Waals surface area contributed by atoms with Gasteiger partial charge >= 0.3 is 0 Å². The molecule has 0 aliphatic carbocycles. The summed E-state index contributed by atoms with van der Waals surface area (Å²) in [5, 5.41) is 21.7. The van der Waals surface area contributed by atoms with Crippen LogP contribution in [0.1, 0.15) is 0 Å². The van der Waals surface area contributed by atoms with Crippen molar-refractivity contribution in [3.63, 3.8) is 0 Å². The number of rotatable bonds is 1. The Bertz CT molecular complexity index is 1090. The highest BCUT2D eigenvalue weighted by Gasteiger charge is 2.18. The topological polar surface area (TPSA) is 88.4 Å². The number of nitro groups is 1. The molecule has 98 valence electrons. The second-order valence-corrected chi connectivity index (χ2v) is 4.43. The minimum absolute atomic E-state index is 0.0533. The molecule has 0 atom stereocenters. The van der Waals surface area contributed by atoms with E-state index in [2.05, 4.69) is 4.85 Å². The summed E-state index contributed by atoms with van der Waals surface area (Å²) >= 11 is 0. The lowest BCUT2D eigenvalue weighted by Gasteiger charge is -1.98. The molecule has 0 heterocycles. The Hall–Kier alpha value is -3.51. The Morgan fingerprint density at radius 1 is 1.33 bits per heavy atom. The van der Waals surface area contributed by atoms with Crippen LogP contribution < -0.4 is 10.6 Å². The number of nitriles is 1. The van der Waals surface area contributed by atoms with E-state index in [1.807, 2.05) is 0 Å². The quantitative estimate of drug-likeness (QED) is 0.386. The van der Waals surface area contributed by atoms with Crippen LogP contribution in [-0.2, 0) is 0 Å². The van der Waals surface area contributed by atoms with Crippen molar-refractivity contribution >= 4 is 32.9 Å². The highest BCUT2D eigenvalue weighted by Crippen LogP contribution is 2.28. The molecule has 3 aromatic rings. The van der Waals surface area contributed by atoms with E-state index in [4.69, 9.17) is 11.8 Å². The zero-order valence-corrected chi connectivity index (χ0v) is 10.5. The summed E-state index contributed by atoms with van der Waals surface area (Å²) in [7, 11) is 0. The van der Waals surface area contributed by atoms with Crippen LogP contribution in [0.15, 0.2) is 35.1 Å². The van der Waals surface area contributed by atoms with Crippen molar-refractivity contribution in [3.05, 3.63) is 67.3 Å². The number of hydrogen-bond donors (Lipinski definition) is 0. The van der Waals surface area contributed by atoms with E-state index < -0.39 is 10.4 Å². The lowest BCUT2D eigenvalue weighted by atomic mass is 10.1. The Balaban J connectivity index is 2.76. The van der Waals surface area contributed by atoms with Crippen LogP contribution in [0.5, 0.6) is 0 Å². The predicted molar refractivity (Wildman–Crippen MR) is 76.4 cm³/mol. The SMILES string of the molecule is [C-]#[N+]/C(C#N)=c1\c(=O)c2cccc3cc([N+](=O)[O-])cc1c32. The van der Waals surface area contributed by atoms with E-state index in [0.29, 0.717) is 16.2 Å². The first-order valence-electron chi connectivity index (χ1n) is 5.86. The van der Waals surface area contributed by atoms with Gasteiger partial charge in [-0.25, -0.2) is 10.1 Å². The lowest BCUT2D eigenvalue weighted by molar-refractivity contribution is -0.384. The maximum absolute atomic E-state index is 12.4. The van der Waals surface area contributed by atoms with E-state index in [-0.39, 0.29) is 22.0 Å². The second kappa shape index (κ2) is 4.26. The number of benzene rings is 2. The van der Waals surface area contributed by atoms with Crippen LogP contribution in [0, 0.1) is 28.0 Å². The molecule has 0 aliphatic heterocycles. The van der Waals surface area contributed by atoms with Gasteiger partial charge in [0.1, 0.15) is 0 Å². The zero-order chi connectivity index (χ0) is 15.1. The normalized spacial score (nSPS) is 12.1. The van der Waals surface area contributed by atoms with Gasteiger partial charge in [-0.3, -0.25) is 14.9 Å². The first-order chi connectivity index (χ1) is 10.1. The van der Waals surface area contributed by atoms with Crippen LogP contribution in [0.25, 0.3) is 32.1 Å². The summed E-state index contributed by atoms with van der Waals surface area (Å²) in [6.07, 6.45) is 0. The third-order valence-electron chi connectivity index (χ3n) is 3.37. The zero-order valence-electron chi connectivity index (χ0n) is 10.5. The van der Waals surface area contributed by atoms with Crippen molar-refractivity contribution in [1.29, 1.82) is 5.26 Å². The van der Waals surface area contributed by atoms with Crippen molar-refractivity contribution in [1.82, 2.24) is 0 Å². The van der Waals surface area contributed by atoms with Gasteiger partial charge in [-0.05, 0) is 16.2 Å². The minimum Gasteiger partial charge on any atom is -0.290 e. The molecule has 3 aromatic carbocycles. The molecule has 6 heteroatoms. The molecule has 0 amide bonds. The van der Waals surface area contributed by atoms with Gasteiger partial charge in [-0.2, -0.15) is 0 Å². The van der Waals surface area contributed by atoms with Gasteiger partial charge < -0.3 is 0 Å². The van der Waals surface area contributed by atoms with Gasteiger partial charge in [0.15, 0.2) is 5.43 Å². The highest BCUT2D eigenvalue weighted by molar-refractivity contribution is 6.13. The number of nitrogens with zero attached hydrogens (tertiary/aromatic N) is 3. The standard InChI is InChI=1S/C15H5N3O3/c1-17-12(7-16)14-11-6-9(18(20)21)5-8-3-2-4-10(13(8)11)15(14)19/h2-6H/b14-12-. The molecule has 0 aromatic heterocycles. The van der Waals surface area contributed by atoms with Crippen LogP contribution in [0.4, 0.5) is 5.69 Å². The van der Waals surface area contributed by atoms with Crippen molar-refractivity contribution in [2.75, 3.05) is 0 Å². The Kier molecular flexibility index (Phi) is 2.54. The molecule has 0 unspecified atom stereocenters. The maximum Gasteiger partial charge on any atom is 0.273 e. The Labute approximate surface area is 117 Å². The molecule has 6 nitrogen and oxygen atoms in total. The van der Waals surface area contributed by atoms with Gasteiger partial charge in [0.2, 0.25) is 0 Å². The molecule has 21 heavy (non-hydrogen) atoms. The smallest absolute Gasteiger partial charge is 0.273 e. The van der Waals surface area contributed by atoms with Crippen LogP contribution in [0.2, 0.25) is 0 Å². The average Bonchev–Trinajstić information content (AvgIpc) is 2.76. The third kappa shape index (κ3) is 1.60. The Morgan fingerprint density at radius 3 is 2.71 bits per heavy atom. The summed E-state index contributed by atoms with van der Waals surface area (Å²) in [4.78, 5) is 25.9. The molecule has 0 spiro atoms. The second-order valence-electron chi connectivity index (χ2n) is 4.43. The molecule has 0 aliphatic rings. The molecular formula is C15H5N3O3. The minimum atomic E-state index is -0.563. The molecule has 0 fully saturated rings. The van der Waals surface area contributed by atoms with Crippen molar-refractivity contribution in [3.8, 4) is 6.07 Å². The van der Waals surface area contributed by atoms with Crippen molar-refractivity contribution < 1.29 is 4.92 Å².